The first-order chi connectivity index (χ1) is 10.2. The lowest BCUT2D eigenvalue weighted by Gasteiger charge is -2.27. The van der Waals surface area contributed by atoms with E-state index < -0.39 is 0 Å². The monoisotopic (exact) mass is 299 g/mol. The fourth-order valence-electron chi connectivity index (χ4n) is 1.85. The van der Waals surface area contributed by atoms with Gasteiger partial charge in [-0.25, -0.2) is 0 Å². The van der Waals surface area contributed by atoms with Crippen molar-refractivity contribution < 1.29 is 4.79 Å². The van der Waals surface area contributed by atoms with E-state index >= 15 is 0 Å². The molecule has 1 rings (SSSR count). The highest BCUT2D eigenvalue weighted by Gasteiger charge is 2.21. The SMILES string of the molecule is CC(C)N(Cc1ccccc1)C(=O)/C(C#N)=C\NC(C)(C)C. The van der Waals surface area contributed by atoms with E-state index in [1.54, 1.807) is 4.90 Å². The summed E-state index contributed by atoms with van der Waals surface area (Å²) in [6, 6.07) is 11.8. The molecule has 1 aromatic rings. The minimum Gasteiger partial charge on any atom is -0.385 e. The van der Waals surface area contributed by atoms with Crippen LogP contribution in [0.25, 0.3) is 0 Å². The number of carbonyl (C=O) groups is 1. The Kier molecular flexibility index (Phi) is 6.18. The molecule has 1 N–H and O–H groups in total. The van der Waals surface area contributed by atoms with Gasteiger partial charge in [-0.05, 0) is 40.2 Å². The predicted molar refractivity (Wildman–Crippen MR) is 88.7 cm³/mol. The maximum atomic E-state index is 12.6. The van der Waals surface area contributed by atoms with Crippen LogP contribution in [0.15, 0.2) is 42.1 Å². The number of benzene rings is 1. The van der Waals surface area contributed by atoms with E-state index in [2.05, 4.69) is 5.32 Å². The summed E-state index contributed by atoms with van der Waals surface area (Å²) in [5, 5.41) is 12.4. The summed E-state index contributed by atoms with van der Waals surface area (Å²) in [6.45, 7) is 10.3. The van der Waals surface area contributed by atoms with Gasteiger partial charge in [0.2, 0.25) is 0 Å². The van der Waals surface area contributed by atoms with Gasteiger partial charge in [0.05, 0.1) is 0 Å². The molecule has 0 fully saturated rings. The topological polar surface area (TPSA) is 56.1 Å². The van der Waals surface area contributed by atoms with Crippen molar-refractivity contribution in [3.8, 4) is 6.07 Å². The predicted octanol–water partition coefficient (Wildman–Crippen LogP) is 3.22. The Bertz CT molecular complexity index is 562. The van der Waals surface area contributed by atoms with Gasteiger partial charge in [0.1, 0.15) is 11.6 Å². The van der Waals surface area contributed by atoms with Crippen LogP contribution < -0.4 is 5.32 Å². The lowest BCUT2D eigenvalue weighted by atomic mass is 10.1. The van der Waals surface area contributed by atoms with E-state index in [1.165, 1.54) is 6.20 Å². The van der Waals surface area contributed by atoms with Gasteiger partial charge in [-0.1, -0.05) is 30.3 Å². The molecule has 0 saturated carbocycles. The lowest BCUT2D eigenvalue weighted by Crippen LogP contribution is -2.38. The Morgan fingerprint density at radius 1 is 1.32 bits per heavy atom. The van der Waals surface area contributed by atoms with E-state index in [0.29, 0.717) is 6.54 Å². The average Bonchev–Trinajstić information content (AvgIpc) is 2.44. The number of hydrogen-bond donors (Lipinski definition) is 1. The smallest absolute Gasteiger partial charge is 0.266 e. The van der Waals surface area contributed by atoms with Crippen LogP contribution in [0.4, 0.5) is 0 Å². The number of nitrogens with zero attached hydrogens (tertiary/aromatic N) is 2. The summed E-state index contributed by atoms with van der Waals surface area (Å²) in [4.78, 5) is 14.3. The van der Waals surface area contributed by atoms with E-state index in [9.17, 15) is 10.1 Å². The minimum atomic E-state index is -0.252. The quantitative estimate of drug-likeness (QED) is 0.671. The average molecular weight is 299 g/mol. The van der Waals surface area contributed by atoms with Gasteiger partial charge >= 0.3 is 0 Å². The van der Waals surface area contributed by atoms with Crippen LogP contribution in [0.1, 0.15) is 40.2 Å². The number of nitrogens with one attached hydrogen (secondary N) is 1. The van der Waals surface area contributed by atoms with Crippen molar-refractivity contribution in [1.82, 2.24) is 10.2 Å². The van der Waals surface area contributed by atoms with E-state index in [1.807, 2.05) is 71.0 Å². The van der Waals surface area contributed by atoms with Crippen LogP contribution in [0.3, 0.4) is 0 Å². The summed E-state index contributed by atoms with van der Waals surface area (Å²) < 4.78 is 0. The summed E-state index contributed by atoms with van der Waals surface area (Å²) in [5.74, 6) is -0.252. The number of amides is 1. The summed E-state index contributed by atoms with van der Waals surface area (Å²) >= 11 is 0. The standard InChI is InChI=1S/C18H25N3O/c1-14(2)21(13-15-9-7-6-8-10-15)17(22)16(11-19)12-20-18(3,4)5/h6-10,12,14,20H,13H2,1-5H3/b16-12-. The molecule has 0 saturated heterocycles. The van der Waals surface area contributed by atoms with Crippen LogP contribution in [0.2, 0.25) is 0 Å². The van der Waals surface area contributed by atoms with Crippen LogP contribution in [-0.2, 0) is 11.3 Å². The lowest BCUT2D eigenvalue weighted by molar-refractivity contribution is -0.129. The Balaban J connectivity index is 2.95. The van der Waals surface area contributed by atoms with Crippen molar-refractivity contribution in [3.63, 3.8) is 0 Å². The first-order valence-electron chi connectivity index (χ1n) is 7.47. The molecule has 0 unspecified atom stereocenters. The van der Waals surface area contributed by atoms with Gasteiger partial charge < -0.3 is 10.2 Å². The van der Waals surface area contributed by atoms with Gasteiger partial charge in [0.25, 0.3) is 5.91 Å². The van der Waals surface area contributed by atoms with E-state index in [4.69, 9.17) is 0 Å². The van der Waals surface area contributed by atoms with Crippen molar-refractivity contribution in [2.45, 2.75) is 52.7 Å². The summed E-state index contributed by atoms with van der Waals surface area (Å²) in [6.07, 6.45) is 1.52. The number of rotatable bonds is 5. The molecule has 0 aliphatic rings. The molecule has 0 radical (unpaired) electrons. The third kappa shape index (κ3) is 5.61. The van der Waals surface area contributed by atoms with Gasteiger partial charge in [-0.3, -0.25) is 4.79 Å². The molecule has 4 heteroatoms. The van der Waals surface area contributed by atoms with Crippen molar-refractivity contribution in [1.29, 1.82) is 5.26 Å². The van der Waals surface area contributed by atoms with Crippen LogP contribution in [0, 0.1) is 11.3 Å². The molecule has 0 atom stereocenters. The second-order valence-electron chi connectivity index (χ2n) is 6.58. The molecule has 0 spiro atoms. The molecule has 4 nitrogen and oxygen atoms in total. The molecule has 0 aliphatic carbocycles. The summed E-state index contributed by atoms with van der Waals surface area (Å²) in [7, 11) is 0. The summed E-state index contributed by atoms with van der Waals surface area (Å²) in [5.41, 5.74) is 0.981. The van der Waals surface area contributed by atoms with Gasteiger partial charge in [-0.2, -0.15) is 5.26 Å². The molecule has 0 aromatic heterocycles. The highest BCUT2D eigenvalue weighted by Crippen LogP contribution is 2.12. The zero-order chi connectivity index (χ0) is 16.8. The van der Waals surface area contributed by atoms with Crippen molar-refractivity contribution >= 4 is 5.91 Å². The third-order valence-corrected chi connectivity index (χ3v) is 3.08. The van der Waals surface area contributed by atoms with Crippen molar-refractivity contribution in [3.05, 3.63) is 47.7 Å². The highest BCUT2D eigenvalue weighted by atomic mass is 16.2. The Labute approximate surface area is 133 Å². The number of nitriles is 1. The second-order valence-corrected chi connectivity index (χ2v) is 6.58. The Hall–Kier alpha value is -2.28. The van der Waals surface area contributed by atoms with Crippen LogP contribution in [0.5, 0.6) is 0 Å². The van der Waals surface area contributed by atoms with E-state index in [-0.39, 0.29) is 23.1 Å². The molecular weight excluding hydrogens is 274 g/mol. The molecular formula is C18H25N3O. The molecule has 22 heavy (non-hydrogen) atoms. The molecule has 0 bridgehead atoms. The zero-order valence-electron chi connectivity index (χ0n) is 14.1. The number of hydrogen-bond acceptors (Lipinski definition) is 3. The number of carbonyl (C=O) groups excluding carboxylic acids is 1. The van der Waals surface area contributed by atoms with Gasteiger partial charge in [0.15, 0.2) is 0 Å². The van der Waals surface area contributed by atoms with Crippen molar-refractivity contribution in [2.24, 2.45) is 0 Å². The normalized spacial score (nSPS) is 12.0. The first-order valence-corrected chi connectivity index (χ1v) is 7.47. The minimum absolute atomic E-state index is 0.0130. The van der Waals surface area contributed by atoms with E-state index in [0.717, 1.165) is 5.56 Å². The van der Waals surface area contributed by atoms with Crippen LogP contribution >= 0.6 is 0 Å². The zero-order valence-corrected chi connectivity index (χ0v) is 14.1. The van der Waals surface area contributed by atoms with Gasteiger partial charge in [0, 0.05) is 24.3 Å². The molecule has 1 aromatic carbocycles. The highest BCUT2D eigenvalue weighted by molar-refractivity contribution is 5.97. The molecule has 1 amide bonds. The molecule has 0 aliphatic heterocycles. The van der Waals surface area contributed by atoms with Crippen molar-refractivity contribution in [2.75, 3.05) is 0 Å². The first kappa shape index (κ1) is 17.8. The fraction of sp³-hybridized carbons (Fsp3) is 0.444. The molecule has 0 heterocycles. The largest absolute Gasteiger partial charge is 0.385 e. The van der Waals surface area contributed by atoms with Crippen LogP contribution in [-0.4, -0.2) is 22.4 Å². The van der Waals surface area contributed by atoms with Gasteiger partial charge in [-0.15, -0.1) is 0 Å². The second kappa shape index (κ2) is 7.65. The maximum absolute atomic E-state index is 12.6. The molecule has 118 valence electrons. The Morgan fingerprint density at radius 3 is 2.36 bits per heavy atom. The Morgan fingerprint density at radius 2 is 1.91 bits per heavy atom. The maximum Gasteiger partial charge on any atom is 0.266 e. The third-order valence-electron chi connectivity index (χ3n) is 3.08. The fourth-order valence-corrected chi connectivity index (χ4v) is 1.85.